The van der Waals surface area contributed by atoms with Gasteiger partial charge >= 0.3 is 0 Å². The van der Waals surface area contributed by atoms with Gasteiger partial charge in [0.15, 0.2) is 0 Å². The van der Waals surface area contributed by atoms with Gasteiger partial charge < -0.3 is 5.32 Å². The van der Waals surface area contributed by atoms with Crippen LogP contribution in [-0.2, 0) is 0 Å². The minimum absolute atomic E-state index is 0.0444. The number of amides is 1. The molecule has 0 aliphatic rings. The summed E-state index contributed by atoms with van der Waals surface area (Å²) in [6.45, 7) is 2.77. The molecule has 0 aliphatic heterocycles. The van der Waals surface area contributed by atoms with Crippen LogP contribution in [0.3, 0.4) is 0 Å². The quantitative estimate of drug-likeness (QED) is 0.809. The lowest BCUT2D eigenvalue weighted by Gasteiger charge is -2.02. The fourth-order valence-electron chi connectivity index (χ4n) is 1.23. The third-order valence-corrected chi connectivity index (χ3v) is 4.97. The Bertz CT molecular complexity index is 332. The highest BCUT2D eigenvalue weighted by atomic mass is 79.9. The van der Waals surface area contributed by atoms with Crippen LogP contribution >= 0.6 is 39.0 Å². The average Bonchev–Trinajstić information content (AvgIpc) is 2.59. The summed E-state index contributed by atoms with van der Waals surface area (Å²) in [5.41, 5.74) is 1.12. The number of halogens is 1. The highest BCUT2D eigenvalue weighted by molar-refractivity contribution is 9.11. The van der Waals surface area contributed by atoms with Gasteiger partial charge in [0.25, 0.3) is 5.91 Å². The molecule has 0 bridgehead atoms. The second-order valence-electron chi connectivity index (χ2n) is 3.52. The standard InChI is InChI=1S/C11H16BrNOS2/c1-8-7-9(16-10(8)12)11(14)13-5-3-4-6-15-2/h7H,3-6H2,1-2H3,(H,13,14). The van der Waals surface area contributed by atoms with Gasteiger partial charge in [-0.25, -0.2) is 0 Å². The van der Waals surface area contributed by atoms with Crippen LogP contribution in [0.25, 0.3) is 0 Å². The molecule has 5 heteroatoms. The number of rotatable bonds is 6. The van der Waals surface area contributed by atoms with E-state index in [0.29, 0.717) is 0 Å². The van der Waals surface area contributed by atoms with Crippen LogP contribution < -0.4 is 5.32 Å². The predicted octanol–water partition coefficient (Wildman–Crippen LogP) is 3.69. The number of hydrogen-bond donors (Lipinski definition) is 1. The molecule has 0 radical (unpaired) electrons. The highest BCUT2D eigenvalue weighted by Crippen LogP contribution is 2.27. The third-order valence-electron chi connectivity index (χ3n) is 2.14. The zero-order valence-corrected chi connectivity index (χ0v) is 12.7. The van der Waals surface area contributed by atoms with Gasteiger partial charge in [0, 0.05) is 6.54 Å². The Hall–Kier alpha value is -0.0000000000000000833. The molecule has 0 spiro atoms. The Morgan fingerprint density at radius 1 is 1.56 bits per heavy atom. The first-order valence-electron chi connectivity index (χ1n) is 5.18. The van der Waals surface area contributed by atoms with Crippen LogP contribution in [0.5, 0.6) is 0 Å². The first kappa shape index (κ1) is 14.1. The molecule has 0 aromatic carbocycles. The Morgan fingerprint density at radius 3 is 2.88 bits per heavy atom. The molecule has 1 N–H and O–H groups in total. The van der Waals surface area contributed by atoms with E-state index in [1.165, 1.54) is 17.1 Å². The fourth-order valence-corrected chi connectivity index (χ4v) is 3.18. The summed E-state index contributed by atoms with van der Waals surface area (Å²) in [5, 5.41) is 2.94. The van der Waals surface area contributed by atoms with Crippen molar-refractivity contribution in [2.45, 2.75) is 19.8 Å². The van der Waals surface area contributed by atoms with Crippen LogP contribution in [-0.4, -0.2) is 24.5 Å². The van der Waals surface area contributed by atoms with Gasteiger partial charge in [0.1, 0.15) is 0 Å². The second-order valence-corrected chi connectivity index (χ2v) is 6.88. The molecule has 1 aromatic heterocycles. The van der Waals surface area contributed by atoms with Gasteiger partial charge in [-0.2, -0.15) is 11.8 Å². The number of hydrogen-bond acceptors (Lipinski definition) is 3. The zero-order chi connectivity index (χ0) is 12.0. The molecule has 0 saturated heterocycles. The molecule has 1 amide bonds. The molecular weight excluding hydrogens is 306 g/mol. The largest absolute Gasteiger partial charge is 0.351 e. The van der Waals surface area contributed by atoms with Crippen molar-refractivity contribution in [3.05, 3.63) is 20.3 Å². The maximum atomic E-state index is 11.7. The minimum atomic E-state index is 0.0444. The molecule has 90 valence electrons. The second kappa shape index (κ2) is 7.35. The molecule has 0 unspecified atom stereocenters. The van der Waals surface area contributed by atoms with Crippen molar-refractivity contribution in [1.82, 2.24) is 5.32 Å². The fraction of sp³-hybridized carbons (Fsp3) is 0.545. The minimum Gasteiger partial charge on any atom is -0.351 e. The molecule has 16 heavy (non-hydrogen) atoms. The van der Waals surface area contributed by atoms with E-state index in [1.807, 2.05) is 24.8 Å². The third kappa shape index (κ3) is 4.47. The smallest absolute Gasteiger partial charge is 0.261 e. The van der Waals surface area contributed by atoms with Crippen molar-refractivity contribution in [2.75, 3.05) is 18.6 Å². The van der Waals surface area contributed by atoms with E-state index in [4.69, 9.17) is 0 Å². The van der Waals surface area contributed by atoms with Crippen LogP contribution in [0.1, 0.15) is 28.1 Å². The van der Waals surface area contributed by atoms with E-state index in [-0.39, 0.29) is 5.91 Å². The Balaban J connectivity index is 2.30. The molecule has 0 fully saturated rings. The number of aryl methyl sites for hydroxylation is 1. The monoisotopic (exact) mass is 321 g/mol. The molecule has 1 aromatic rings. The lowest BCUT2D eigenvalue weighted by molar-refractivity contribution is 0.0957. The molecule has 0 saturated carbocycles. The number of nitrogens with one attached hydrogen (secondary N) is 1. The van der Waals surface area contributed by atoms with Gasteiger partial charge in [0.05, 0.1) is 8.66 Å². The van der Waals surface area contributed by atoms with Crippen molar-refractivity contribution in [3.63, 3.8) is 0 Å². The number of carbonyl (C=O) groups is 1. The van der Waals surface area contributed by atoms with E-state index in [0.717, 1.165) is 33.6 Å². The van der Waals surface area contributed by atoms with Crippen LogP contribution in [0, 0.1) is 6.92 Å². The maximum Gasteiger partial charge on any atom is 0.261 e. The summed E-state index contributed by atoms with van der Waals surface area (Å²) in [4.78, 5) is 12.5. The summed E-state index contributed by atoms with van der Waals surface area (Å²) in [7, 11) is 0. The highest BCUT2D eigenvalue weighted by Gasteiger charge is 2.09. The Kier molecular flexibility index (Phi) is 6.46. The van der Waals surface area contributed by atoms with Crippen LogP contribution in [0.2, 0.25) is 0 Å². The van der Waals surface area contributed by atoms with E-state index in [1.54, 1.807) is 0 Å². The summed E-state index contributed by atoms with van der Waals surface area (Å²) >= 11 is 6.76. The topological polar surface area (TPSA) is 29.1 Å². The van der Waals surface area contributed by atoms with Crippen molar-refractivity contribution >= 4 is 44.9 Å². The van der Waals surface area contributed by atoms with E-state index in [9.17, 15) is 4.79 Å². The van der Waals surface area contributed by atoms with Crippen molar-refractivity contribution in [1.29, 1.82) is 0 Å². The first-order chi connectivity index (χ1) is 7.65. The first-order valence-corrected chi connectivity index (χ1v) is 8.18. The van der Waals surface area contributed by atoms with Crippen LogP contribution in [0.4, 0.5) is 0 Å². The van der Waals surface area contributed by atoms with E-state index in [2.05, 4.69) is 27.5 Å². The molecule has 0 aliphatic carbocycles. The van der Waals surface area contributed by atoms with E-state index < -0.39 is 0 Å². The lowest BCUT2D eigenvalue weighted by Crippen LogP contribution is -2.23. The molecule has 2 nitrogen and oxygen atoms in total. The molecular formula is C11H16BrNOS2. The van der Waals surface area contributed by atoms with Gasteiger partial charge in [0.2, 0.25) is 0 Å². The van der Waals surface area contributed by atoms with Crippen LogP contribution in [0.15, 0.2) is 9.85 Å². The van der Waals surface area contributed by atoms with Gasteiger partial charge in [-0.1, -0.05) is 0 Å². The maximum absolute atomic E-state index is 11.7. The van der Waals surface area contributed by atoms with Crippen molar-refractivity contribution in [2.24, 2.45) is 0 Å². The Labute approximate surface area is 113 Å². The molecule has 1 heterocycles. The summed E-state index contributed by atoms with van der Waals surface area (Å²) in [6.07, 6.45) is 4.32. The number of unbranched alkanes of at least 4 members (excludes halogenated alkanes) is 1. The van der Waals surface area contributed by atoms with Crippen molar-refractivity contribution < 1.29 is 4.79 Å². The lowest BCUT2D eigenvalue weighted by atomic mass is 10.3. The predicted molar refractivity (Wildman–Crippen MR) is 76.7 cm³/mol. The summed E-state index contributed by atoms with van der Waals surface area (Å²) in [5.74, 6) is 1.21. The normalized spacial score (nSPS) is 10.4. The van der Waals surface area contributed by atoms with Gasteiger partial charge in [-0.05, 0) is 59.3 Å². The van der Waals surface area contributed by atoms with Gasteiger partial charge in [-0.3, -0.25) is 4.79 Å². The molecule has 0 atom stereocenters. The number of thioether (sulfide) groups is 1. The van der Waals surface area contributed by atoms with E-state index >= 15 is 0 Å². The summed E-state index contributed by atoms with van der Waals surface area (Å²) < 4.78 is 1.04. The van der Waals surface area contributed by atoms with Gasteiger partial charge in [-0.15, -0.1) is 11.3 Å². The van der Waals surface area contributed by atoms with Crippen molar-refractivity contribution in [3.8, 4) is 0 Å². The Morgan fingerprint density at radius 2 is 2.31 bits per heavy atom. The molecule has 1 rings (SSSR count). The number of thiophene rings is 1. The summed E-state index contributed by atoms with van der Waals surface area (Å²) in [6, 6.07) is 1.92. The SMILES string of the molecule is CSCCCCNC(=O)c1cc(C)c(Br)s1. The average molecular weight is 322 g/mol. The zero-order valence-electron chi connectivity index (χ0n) is 9.51. The number of carbonyl (C=O) groups excluding carboxylic acids is 1.